The highest BCUT2D eigenvalue weighted by atomic mass is 16.3. The zero-order valence-corrected chi connectivity index (χ0v) is 13.2. The van der Waals surface area contributed by atoms with Crippen LogP contribution in [0.25, 0.3) is 22.4 Å². The fraction of sp³-hybridized carbons (Fsp3) is 0.133. The topological polar surface area (TPSA) is 137 Å². The summed E-state index contributed by atoms with van der Waals surface area (Å²) in [5.74, 6) is 0.660. The Morgan fingerprint density at radius 2 is 2.24 bits per heavy atom. The summed E-state index contributed by atoms with van der Waals surface area (Å²) in [6.45, 7) is -0.231. The number of imidazole rings is 1. The number of nitrogens with zero attached hydrogens (tertiary/aromatic N) is 5. The Morgan fingerprint density at radius 3 is 3.00 bits per heavy atom. The van der Waals surface area contributed by atoms with Crippen LogP contribution in [0, 0.1) is 0 Å². The van der Waals surface area contributed by atoms with Gasteiger partial charge in [-0.25, -0.2) is 4.98 Å². The van der Waals surface area contributed by atoms with E-state index in [2.05, 4.69) is 35.6 Å². The molecule has 0 bridgehead atoms. The number of nitrogens with one attached hydrogen (secondary N) is 3. The fourth-order valence-electron chi connectivity index (χ4n) is 2.50. The number of aromatic nitrogens is 7. The third-order valence-electron chi connectivity index (χ3n) is 3.65. The fourth-order valence-corrected chi connectivity index (χ4v) is 2.50. The second-order valence-corrected chi connectivity index (χ2v) is 5.41. The van der Waals surface area contributed by atoms with Crippen molar-refractivity contribution in [1.82, 2.24) is 34.9 Å². The van der Waals surface area contributed by atoms with Gasteiger partial charge in [0.1, 0.15) is 17.9 Å². The van der Waals surface area contributed by atoms with Crippen molar-refractivity contribution < 1.29 is 9.90 Å². The van der Waals surface area contributed by atoms with Gasteiger partial charge in [0.2, 0.25) is 5.95 Å². The molecule has 0 saturated heterocycles. The number of aryl methyl sites for hydroxylation is 1. The number of aliphatic hydroxyl groups is 1. The summed E-state index contributed by atoms with van der Waals surface area (Å²) in [6.07, 6.45) is 3.43. The van der Waals surface area contributed by atoms with Crippen molar-refractivity contribution in [3.05, 3.63) is 42.0 Å². The van der Waals surface area contributed by atoms with Crippen molar-refractivity contribution in [1.29, 1.82) is 0 Å². The number of aromatic amines is 2. The number of carbonyl (C=O) groups excluding carboxylic acids is 1. The molecule has 0 radical (unpaired) electrons. The highest BCUT2D eigenvalue weighted by Crippen LogP contribution is 2.19. The number of H-pyrrole nitrogens is 2. The molecule has 126 valence electrons. The maximum absolute atomic E-state index is 12.5. The van der Waals surface area contributed by atoms with Crippen molar-refractivity contribution in [2.45, 2.75) is 6.61 Å². The lowest BCUT2D eigenvalue weighted by Crippen LogP contribution is -2.13. The minimum atomic E-state index is -0.390. The van der Waals surface area contributed by atoms with Crippen LogP contribution in [0.5, 0.6) is 0 Å². The molecule has 0 aliphatic heterocycles. The SMILES string of the molecule is Cn1cc(-c2nc(NC(=O)c3cccc4[nH]c(CO)nc34)n[nH]2)cn1. The van der Waals surface area contributed by atoms with Gasteiger partial charge in [0.05, 0.1) is 22.8 Å². The van der Waals surface area contributed by atoms with E-state index < -0.39 is 5.91 Å². The summed E-state index contributed by atoms with van der Waals surface area (Å²) in [6, 6.07) is 5.16. The van der Waals surface area contributed by atoms with Crippen LogP contribution in [0.15, 0.2) is 30.6 Å². The van der Waals surface area contributed by atoms with E-state index in [1.807, 2.05) is 0 Å². The Kier molecular flexibility index (Phi) is 3.51. The standard InChI is InChI=1S/C15H14N8O2/c1-23-6-8(5-16-23)13-19-15(22-21-13)20-14(25)9-3-2-4-10-12(9)18-11(7-24)17-10/h2-6,24H,7H2,1H3,(H,17,18)(H2,19,20,21,22,25). The Balaban J connectivity index is 1.60. The third kappa shape index (κ3) is 2.74. The molecule has 0 saturated carbocycles. The lowest BCUT2D eigenvalue weighted by Gasteiger charge is -2.01. The molecule has 4 N–H and O–H groups in total. The molecule has 10 heteroatoms. The first-order valence-corrected chi connectivity index (χ1v) is 7.45. The van der Waals surface area contributed by atoms with Gasteiger partial charge in [0, 0.05) is 13.2 Å². The monoisotopic (exact) mass is 338 g/mol. The molecule has 4 rings (SSSR count). The summed E-state index contributed by atoms with van der Waals surface area (Å²) in [5, 5.41) is 22.6. The van der Waals surface area contributed by atoms with E-state index in [1.165, 1.54) is 0 Å². The van der Waals surface area contributed by atoms with E-state index in [-0.39, 0.29) is 12.6 Å². The quantitative estimate of drug-likeness (QED) is 0.435. The first kappa shape index (κ1) is 15.0. The van der Waals surface area contributed by atoms with Gasteiger partial charge in [-0.15, -0.1) is 5.10 Å². The average Bonchev–Trinajstić information content (AvgIpc) is 3.32. The lowest BCUT2D eigenvalue weighted by atomic mass is 10.2. The van der Waals surface area contributed by atoms with Gasteiger partial charge in [0.15, 0.2) is 5.82 Å². The molecule has 0 unspecified atom stereocenters. The molecule has 0 aliphatic carbocycles. The number of benzene rings is 1. The highest BCUT2D eigenvalue weighted by molar-refractivity contribution is 6.10. The van der Waals surface area contributed by atoms with Gasteiger partial charge in [-0.2, -0.15) is 10.1 Å². The van der Waals surface area contributed by atoms with Crippen LogP contribution < -0.4 is 5.32 Å². The summed E-state index contributed by atoms with van der Waals surface area (Å²) in [5.41, 5.74) is 2.27. The maximum Gasteiger partial charge on any atom is 0.260 e. The van der Waals surface area contributed by atoms with Crippen molar-refractivity contribution >= 4 is 22.9 Å². The van der Waals surface area contributed by atoms with E-state index in [0.29, 0.717) is 28.2 Å². The molecule has 3 heterocycles. The van der Waals surface area contributed by atoms with E-state index in [4.69, 9.17) is 0 Å². The number of rotatable bonds is 4. The molecular formula is C15H14N8O2. The number of carbonyl (C=O) groups is 1. The third-order valence-corrected chi connectivity index (χ3v) is 3.65. The molecule has 3 aromatic heterocycles. The molecule has 0 atom stereocenters. The molecule has 1 amide bonds. The zero-order chi connectivity index (χ0) is 17.4. The molecule has 10 nitrogen and oxygen atoms in total. The van der Waals surface area contributed by atoms with E-state index in [0.717, 1.165) is 5.56 Å². The summed E-state index contributed by atoms with van der Waals surface area (Å²) in [7, 11) is 1.80. The van der Waals surface area contributed by atoms with E-state index in [1.54, 1.807) is 42.3 Å². The Morgan fingerprint density at radius 1 is 1.36 bits per heavy atom. The first-order valence-electron chi connectivity index (χ1n) is 7.45. The largest absolute Gasteiger partial charge is 0.388 e. The number of hydrogen-bond donors (Lipinski definition) is 4. The summed E-state index contributed by atoms with van der Waals surface area (Å²) >= 11 is 0. The maximum atomic E-state index is 12.5. The van der Waals surface area contributed by atoms with Gasteiger partial charge in [-0.05, 0) is 12.1 Å². The zero-order valence-electron chi connectivity index (χ0n) is 13.2. The lowest BCUT2D eigenvalue weighted by molar-refractivity contribution is 0.102. The number of amides is 1. The number of hydrogen-bond acceptors (Lipinski definition) is 6. The van der Waals surface area contributed by atoms with Crippen LogP contribution >= 0.6 is 0 Å². The van der Waals surface area contributed by atoms with Crippen molar-refractivity contribution in [3.8, 4) is 11.4 Å². The van der Waals surface area contributed by atoms with Crippen LogP contribution in [-0.2, 0) is 13.7 Å². The first-order chi connectivity index (χ1) is 12.1. The average molecular weight is 338 g/mol. The Labute approximate surface area is 140 Å². The van der Waals surface area contributed by atoms with Crippen LogP contribution in [0.3, 0.4) is 0 Å². The second kappa shape index (κ2) is 5.83. The number of anilines is 1. The Bertz CT molecular complexity index is 1060. The second-order valence-electron chi connectivity index (χ2n) is 5.41. The molecule has 4 aromatic rings. The van der Waals surface area contributed by atoms with Gasteiger partial charge in [-0.3, -0.25) is 19.9 Å². The normalized spacial score (nSPS) is 11.1. The molecule has 0 fully saturated rings. The van der Waals surface area contributed by atoms with Crippen LogP contribution in [0.4, 0.5) is 5.95 Å². The van der Waals surface area contributed by atoms with Crippen molar-refractivity contribution in [2.75, 3.05) is 5.32 Å². The molecule has 0 spiro atoms. The van der Waals surface area contributed by atoms with Crippen molar-refractivity contribution in [2.24, 2.45) is 7.05 Å². The number of para-hydroxylation sites is 1. The summed E-state index contributed by atoms with van der Waals surface area (Å²) in [4.78, 5) is 23.9. The minimum Gasteiger partial charge on any atom is -0.388 e. The number of aliphatic hydroxyl groups excluding tert-OH is 1. The predicted molar refractivity (Wildman–Crippen MR) is 88.6 cm³/mol. The van der Waals surface area contributed by atoms with Crippen LogP contribution in [0.2, 0.25) is 0 Å². The molecule has 1 aromatic carbocycles. The van der Waals surface area contributed by atoms with Gasteiger partial charge >= 0.3 is 0 Å². The van der Waals surface area contributed by atoms with Gasteiger partial charge in [-0.1, -0.05) is 6.07 Å². The molecule has 25 heavy (non-hydrogen) atoms. The number of fused-ring (bicyclic) bond motifs is 1. The smallest absolute Gasteiger partial charge is 0.260 e. The van der Waals surface area contributed by atoms with Crippen LogP contribution in [-0.4, -0.2) is 45.9 Å². The predicted octanol–water partition coefficient (Wildman–Crippen LogP) is 0.826. The van der Waals surface area contributed by atoms with E-state index in [9.17, 15) is 9.90 Å². The van der Waals surface area contributed by atoms with Crippen molar-refractivity contribution in [3.63, 3.8) is 0 Å². The Hall–Kier alpha value is -3.53. The van der Waals surface area contributed by atoms with E-state index >= 15 is 0 Å². The highest BCUT2D eigenvalue weighted by Gasteiger charge is 2.16. The molecule has 0 aliphatic rings. The molecular weight excluding hydrogens is 324 g/mol. The minimum absolute atomic E-state index is 0.152. The van der Waals surface area contributed by atoms with Gasteiger partial charge < -0.3 is 10.1 Å². The summed E-state index contributed by atoms with van der Waals surface area (Å²) < 4.78 is 1.65. The van der Waals surface area contributed by atoms with Gasteiger partial charge in [0.25, 0.3) is 5.91 Å². The van der Waals surface area contributed by atoms with Crippen LogP contribution in [0.1, 0.15) is 16.2 Å².